The predicted octanol–water partition coefficient (Wildman–Crippen LogP) is 0.941. The quantitative estimate of drug-likeness (QED) is 0.753. The van der Waals surface area contributed by atoms with Crippen LogP contribution in [0.25, 0.3) is 0 Å². The van der Waals surface area contributed by atoms with E-state index in [1.165, 1.54) is 11.8 Å². The molecule has 1 aromatic rings. The minimum absolute atomic E-state index is 0.238. The third-order valence-electron chi connectivity index (χ3n) is 2.04. The van der Waals surface area contributed by atoms with E-state index in [1.54, 1.807) is 25.6 Å². The Morgan fingerprint density at radius 1 is 1.53 bits per heavy atom. The number of hydrogen-bond acceptors (Lipinski definition) is 4. The first kappa shape index (κ1) is 11.8. The fourth-order valence-electron chi connectivity index (χ4n) is 1.04. The van der Waals surface area contributed by atoms with Crippen LogP contribution in [0.3, 0.4) is 0 Å². The van der Waals surface area contributed by atoms with Crippen molar-refractivity contribution in [2.45, 2.75) is 11.8 Å². The summed E-state index contributed by atoms with van der Waals surface area (Å²) >= 11 is 1.49. The Bertz CT molecular complexity index is 332. The Balaban J connectivity index is 2.90. The molecule has 82 valence electrons. The molecule has 0 saturated heterocycles. The van der Waals surface area contributed by atoms with Gasteiger partial charge in [0.1, 0.15) is 4.87 Å². The first-order valence-electron chi connectivity index (χ1n) is 4.44. The van der Waals surface area contributed by atoms with Crippen molar-refractivity contribution in [3.63, 3.8) is 0 Å². The van der Waals surface area contributed by atoms with Crippen LogP contribution < -0.4 is 10.6 Å². The second-order valence-corrected chi connectivity index (χ2v) is 4.26. The van der Waals surface area contributed by atoms with Crippen molar-refractivity contribution in [1.29, 1.82) is 0 Å². The summed E-state index contributed by atoms with van der Waals surface area (Å²) in [7, 11) is 1.58. The smallest absolute Gasteiger partial charge is 0.315 e. The molecule has 1 atom stereocenters. The van der Waals surface area contributed by atoms with E-state index < -0.39 is 4.87 Å². The van der Waals surface area contributed by atoms with Crippen molar-refractivity contribution in [3.8, 4) is 0 Å². The van der Waals surface area contributed by atoms with E-state index in [2.05, 4.69) is 20.6 Å². The first-order chi connectivity index (χ1) is 7.12. The van der Waals surface area contributed by atoms with Gasteiger partial charge in [0.25, 0.3) is 0 Å². The molecular weight excluding hydrogens is 212 g/mol. The molecule has 6 heteroatoms. The summed E-state index contributed by atoms with van der Waals surface area (Å²) < 4.78 is 0. The van der Waals surface area contributed by atoms with Gasteiger partial charge in [-0.1, -0.05) is 0 Å². The van der Waals surface area contributed by atoms with Gasteiger partial charge in [0, 0.05) is 19.4 Å². The molecule has 0 radical (unpaired) electrons. The molecule has 0 fully saturated rings. The number of aromatic nitrogens is 2. The van der Waals surface area contributed by atoms with E-state index in [4.69, 9.17) is 0 Å². The van der Waals surface area contributed by atoms with Crippen molar-refractivity contribution >= 4 is 17.8 Å². The van der Waals surface area contributed by atoms with E-state index in [1.807, 2.05) is 13.2 Å². The molecule has 0 bridgehead atoms. The lowest BCUT2D eigenvalue weighted by Gasteiger charge is -2.27. The molecule has 0 spiro atoms. The van der Waals surface area contributed by atoms with Crippen molar-refractivity contribution in [2.75, 3.05) is 13.3 Å². The molecule has 2 N–H and O–H groups in total. The average Bonchev–Trinajstić information content (AvgIpc) is 2.30. The van der Waals surface area contributed by atoms with E-state index in [9.17, 15) is 4.79 Å². The maximum absolute atomic E-state index is 11.3. The minimum atomic E-state index is -0.561. The molecule has 2 amide bonds. The van der Waals surface area contributed by atoms with E-state index in [-0.39, 0.29) is 6.03 Å². The monoisotopic (exact) mass is 226 g/mol. The standard InChI is InChI=1S/C9H14N4OS/c1-9(15-3,13-8(14)10-2)7-6-11-4-5-12-7/h4-6H,1-3H3,(H2,10,13,14). The molecule has 1 aromatic heterocycles. The number of carbonyl (C=O) groups is 1. The highest BCUT2D eigenvalue weighted by Gasteiger charge is 2.28. The lowest BCUT2D eigenvalue weighted by atomic mass is 10.2. The van der Waals surface area contributed by atoms with Gasteiger partial charge in [-0.2, -0.15) is 0 Å². The van der Waals surface area contributed by atoms with Crippen LogP contribution in [0.1, 0.15) is 12.6 Å². The fraction of sp³-hybridized carbons (Fsp3) is 0.444. The van der Waals surface area contributed by atoms with E-state index in [0.29, 0.717) is 0 Å². The topological polar surface area (TPSA) is 66.9 Å². The lowest BCUT2D eigenvalue weighted by Crippen LogP contribution is -2.45. The van der Waals surface area contributed by atoms with Crippen molar-refractivity contribution < 1.29 is 4.79 Å². The maximum atomic E-state index is 11.3. The highest BCUT2D eigenvalue weighted by Crippen LogP contribution is 2.28. The van der Waals surface area contributed by atoms with Crippen LogP contribution in [0.2, 0.25) is 0 Å². The van der Waals surface area contributed by atoms with Gasteiger partial charge in [-0.25, -0.2) is 4.79 Å². The van der Waals surface area contributed by atoms with Gasteiger partial charge in [0.2, 0.25) is 0 Å². The Morgan fingerprint density at radius 3 is 2.73 bits per heavy atom. The zero-order valence-corrected chi connectivity index (χ0v) is 9.76. The van der Waals surface area contributed by atoms with Gasteiger partial charge < -0.3 is 10.6 Å². The summed E-state index contributed by atoms with van der Waals surface area (Å²) in [4.78, 5) is 18.9. The van der Waals surface area contributed by atoms with Crippen LogP contribution in [0, 0.1) is 0 Å². The molecule has 1 heterocycles. The van der Waals surface area contributed by atoms with Crippen molar-refractivity contribution in [2.24, 2.45) is 0 Å². The zero-order chi connectivity index (χ0) is 11.3. The van der Waals surface area contributed by atoms with Crippen molar-refractivity contribution in [3.05, 3.63) is 24.3 Å². The van der Waals surface area contributed by atoms with E-state index in [0.717, 1.165) is 5.69 Å². The number of rotatable bonds is 3. The van der Waals surface area contributed by atoms with Gasteiger partial charge in [-0.05, 0) is 13.2 Å². The number of nitrogens with one attached hydrogen (secondary N) is 2. The Hall–Kier alpha value is -1.30. The van der Waals surface area contributed by atoms with Crippen LogP contribution in [0.5, 0.6) is 0 Å². The summed E-state index contributed by atoms with van der Waals surface area (Å²) in [5.41, 5.74) is 0.723. The van der Waals surface area contributed by atoms with Crippen LogP contribution >= 0.6 is 11.8 Å². The summed E-state index contributed by atoms with van der Waals surface area (Å²) in [6.07, 6.45) is 6.76. The molecule has 0 saturated carbocycles. The second kappa shape index (κ2) is 4.97. The molecule has 1 unspecified atom stereocenters. The molecular formula is C9H14N4OS. The molecule has 5 nitrogen and oxygen atoms in total. The first-order valence-corrected chi connectivity index (χ1v) is 5.66. The number of carbonyl (C=O) groups excluding carboxylic acids is 1. The normalized spacial score (nSPS) is 14.1. The fourth-order valence-corrected chi connectivity index (χ4v) is 1.55. The third-order valence-corrected chi connectivity index (χ3v) is 3.17. The summed E-state index contributed by atoms with van der Waals surface area (Å²) in [6.45, 7) is 1.89. The lowest BCUT2D eigenvalue weighted by molar-refractivity contribution is 0.238. The zero-order valence-electron chi connectivity index (χ0n) is 8.94. The molecule has 0 aliphatic rings. The highest BCUT2D eigenvalue weighted by molar-refractivity contribution is 7.99. The Labute approximate surface area is 93.1 Å². The van der Waals surface area contributed by atoms with Crippen molar-refractivity contribution in [1.82, 2.24) is 20.6 Å². The van der Waals surface area contributed by atoms with Gasteiger partial charge >= 0.3 is 6.03 Å². The minimum Gasteiger partial charge on any atom is -0.341 e. The van der Waals surface area contributed by atoms with Gasteiger partial charge in [0.05, 0.1) is 11.9 Å². The van der Waals surface area contributed by atoms with Crippen LogP contribution in [0.15, 0.2) is 18.6 Å². The summed E-state index contributed by atoms with van der Waals surface area (Å²) in [5.74, 6) is 0. The van der Waals surface area contributed by atoms with Crippen LogP contribution in [-0.2, 0) is 4.87 Å². The second-order valence-electron chi connectivity index (χ2n) is 3.03. The largest absolute Gasteiger partial charge is 0.341 e. The SMILES string of the molecule is CNC(=O)NC(C)(SC)c1cnccn1. The molecule has 15 heavy (non-hydrogen) atoms. The molecule has 0 aromatic carbocycles. The predicted molar refractivity (Wildman–Crippen MR) is 60.5 cm³/mol. The number of hydrogen-bond donors (Lipinski definition) is 2. The van der Waals surface area contributed by atoms with Crippen LogP contribution in [0.4, 0.5) is 4.79 Å². The number of amides is 2. The third kappa shape index (κ3) is 2.82. The average molecular weight is 226 g/mol. The summed E-state index contributed by atoms with van der Waals surface area (Å²) in [6, 6.07) is -0.238. The van der Waals surface area contributed by atoms with E-state index >= 15 is 0 Å². The van der Waals surface area contributed by atoms with Crippen LogP contribution in [-0.4, -0.2) is 29.3 Å². The number of urea groups is 1. The Morgan fingerprint density at radius 2 is 2.27 bits per heavy atom. The molecule has 0 aliphatic carbocycles. The molecule has 1 rings (SSSR count). The molecule has 0 aliphatic heterocycles. The maximum Gasteiger partial charge on any atom is 0.315 e. The summed E-state index contributed by atoms with van der Waals surface area (Å²) in [5, 5.41) is 5.33. The highest BCUT2D eigenvalue weighted by atomic mass is 32.2. The number of nitrogens with zero attached hydrogens (tertiary/aromatic N) is 2. The Kier molecular flexibility index (Phi) is 3.90. The van der Waals surface area contributed by atoms with Gasteiger partial charge in [-0.3, -0.25) is 9.97 Å². The van der Waals surface area contributed by atoms with Gasteiger partial charge in [-0.15, -0.1) is 11.8 Å². The van der Waals surface area contributed by atoms with Gasteiger partial charge in [0.15, 0.2) is 0 Å². The number of thioether (sulfide) groups is 1.